The second-order valence-corrected chi connectivity index (χ2v) is 4.62. The highest BCUT2D eigenvalue weighted by Crippen LogP contribution is 2.24. The van der Waals surface area contributed by atoms with Gasteiger partial charge in [-0.2, -0.15) is 0 Å². The van der Waals surface area contributed by atoms with Gasteiger partial charge >= 0.3 is 0 Å². The van der Waals surface area contributed by atoms with Gasteiger partial charge in [-0.15, -0.1) is 0 Å². The number of nitrogens with zero attached hydrogens (tertiary/aromatic N) is 2. The predicted molar refractivity (Wildman–Crippen MR) is 74.8 cm³/mol. The van der Waals surface area contributed by atoms with E-state index in [4.69, 9.17) is 0 Å². The van der Waals surface area contributed by atoms with Crippen molar-refractivity contribution in [3.05, 3.63) is 71.5 Å². The van der Waals surface area contributed by atoms with Crippen LogP contribution < -0.4 is 0 Å². The van der Waals surface area contributed by atoms with Crippen LogP contribution in [0.15, 0.2) is 54.9 Å². The van der Waals surface area contributed by atoms with Gasteiger partial charge in [0.15, 0.2) is 0 Å². The van der Waals surface area contributed by atoms with Crippen molar-refractivity contribution in [1.82, 2.24) is 9.97 Å². The number of rotatable bonds is 2. The summed E-state index contributed by atoms with van der Waals surface area (Å²) in [6.45, 7) is 2.02. The average Bonchev–Trinajstić information content (AvgIpc) is 2.46. The third-order valence-corrected chi connectivity index (χ3v) is 3.17. The molecule has 2 aromatic carbocycles. The maximum Gasteiger partial charge on any atom is 0.104 e. The first-order valence-electron chi connectivity index (χ1n) is 6.19. The van der Waals surface area contributed by atoms with E-state index in [0.717, 1.165) is 27.7 Å². The molecule has 1 aromatic heterocycles. The molecule has 1 heterocycles. The highest BCUT2D eigenvalue weighted by molar-refractivity contribution is 5.74. The van der Waals surface area contributed by atoms with E-state index in [-0.39, 0.29) is 0 Å². The quantitative estimate of drug-likeness (QED) is 0.760. The van der Waals surface area contributed by atoms with Crippen LogP contribution in [-0.2, 0) is 0 Å². The van der Waals surface area contributed by atoms with Gasteiger partial charge in [0.2, 0.25) is 0 Å². The molecule has 0 aliphatic heterocycles. The molecule has 0 fully saturated rings. The van der Waals surface area contributed by atoms with Gasteiger partial charge in [-0.05, 0) is 30.2 Å². The highest BCUT2D eigenvalue weighted by Gasteiger charge is 2.11. The number of aryl methyl sites for hydroxylation is 1. The molecule has 0 aliphatic carbocycles. The van der Waals surface area contributed by atoms with Crippen LogP contribution in [0.3, 0.4) is 0 Å². The molecule has 0 bridgehead atoms. The summed E-state index contributed by atoms with van der Waals surface area (Å²) < 4.78 is 0. The topological polar surface area (TPSA) is 46.0 Å². The second-order valence-electron chi connectivity index (χ2n) is 4.62. The molecule has 1 unspecified atom stereocenters. The Morgan fingerprint density at radius 1 is 0.895 bits per heavy atom. The van der Waals surface area contributed by atoms with Gasteiger partial charge in [-0.3, -0.25) is 9.97 Å². The molecule has 0 saturated heterocycles. The third kappa shape index (κ3) is 2.33. The zero-order valence-corrected chi connectivity index (χ0v) is 10.6. The summed E-state index contributed by atoms with van der Waals surface area (Å²) in [4.78, 5) is 8.49. The summed E-state index contributed by atoms with van der Waals surface area (Å²) >= 11 is 0. The van der Waals surface area contributed by atoms with Crippen LogP contribution in [0.1, 0.15) is 22.8 Å². The standard InChI is InChI=1S/C16H14N2O/c1-11-3-2-4-12(9-11)16(19)13-5-6-14-15(10-13)18-8-7-17-14/h2-10,16,19H,1H3. The SMILES string of the molecule is Cc1cccc(C(O)c2ccc3nccnc3c2)c1. The van der Waals surface area contributed by atoms with Crippen molar-refractivity contribution in [1.29, 1.82) is 0 Å². The first kappa shape index (κ1) is 11.8. The minimum Gasteiger partial charge on any atom is -0.384 e. The molecule has 0 aliphatic rings. The molecule has 1 N–H and O–H groups in total. The monoisotopic (exact) mass is 250 g/mol. The Labute approximate surface area is 111 Å². The number of fused-ring (bicyclic) bond motifs is 1. The first-order valence-corrected chi connectivity index (χ1v) is 6.19. The van der Waals surface area contributed by atoms with E-state index in [0.29, 0.717) is 0 Å². The van der Waals surface area contributed by atoms with Gasteiger partial charge in [0, 0.05) is 12.4 Å². The van der Waals surface area contributed by atoms with Gasteiger partial charge in [0.05, 0.1) is 11.0 Å². The van der Waals surface area contributed by atoms with Crippen molar-refractivity contribution < 1.29 is 5.11 Å². The largest absolute Gasteiger partial charge is 0.384 e. The van der Waals surface area contributed by atoms with Crippen molar-refractivity contribution in [3.8, 4) is 0 Å². The van der Waals surface area contributed by atoms with E-state index in [2.05, 4.69) is 9.97 Å². The van der Waals surface area contributed by atoms with Crippen molar-refractivity contribution >= 4 is 11.0 Å². The van der Waals surface area contributed by atoms with Gasteiger partial charge in [-0.1, -0.05) is 35.9 Å². The van der Waals surface area contributed by atoms with Crippen LogP contribution in [-0.4, -0.2) is 15.1 Å². The number of hydrogen-bond acceptors (Lipinski definition) is 3. The molecule has 0 saturated carbocycles. The molecule has 94 valence electrons. The molecule has 3 aromatic rings. The molecule has 0 spiro atoms. The van der Waals surface area contributed by atoms with Crippen molar-refractivity contribution in [2.45, 2.75) is 13.0 Å². The first-order chi connectivity index (χ1) is 9.24. The predicted octanol–water partition coefficient (Wildman–Crippen LogP) is 3.02. The lowest BCUT2D eigenvalue weighted by molar-refractivity contribution is 0.220. The lowest BCUT2D eigenvalue weighted by atomic mass is 9.99. The maximum absolute atomic E-state index is 10.4. The maximum atomic E-state index is 10.4. The van der Waals surface area contributed by atoms with E-state index in [9.17, 15) is 5.11 Å². The Morgan fingerprint density at radius 2 is 1.63 bits per heavy atom. The normalized spacial score (nSPS) is 12.5. The van der Waals surface area contributed by atoms with Crippen molar-refractivity contribution in [3.63, 3.8) is 0 Å². The summed E-state index contributed by atoms with van der Waals surface area (Å²) in [5.74, 6) is 0. The Bertz CT molecular complexity index is 725. The van der Waals surface area contributed by atoms with E-state index >= 15 is 0 Å². The van der Waals surface area contributed by atoms with Gasteiger partial charge in [-0.25, -0.2) is 0 Å². The Hall–Kier alpha value is -2.26. The van der Waals surface area contributed by atoms with Gasteiger partial charge in [0.25, 0.3) is 0 Å². The number of aromatic nitrogens is 2. The Morgan fingerprint density at radius 3 is 2.42 bits per heavy atom. The van der Waals surface area contributed by atoms with Gasteiger partial charge < -0.3 is 5.11 Å². The Balaban J connectivity index is 2.04. The minimum atomic E-state index is -0.633. The lowest BCUT2D eigenvalue weighted by Crippen LogP contribution is -2.00. The molecule has 3 heteroatoms. The number of benzene rings is 2. The number of aliphatic hydroxyl groups excluding tert-OH is 1. The third-order valence-electron chi connectivity index (χ3n) is 3.17. The number of aliphatic hydroxyl groups is 1. The minimum absolute atomic E-state index is 0.633. The van der Waals surface area contributed by atoms with Gasteiger partial charge in [0.1, 0.15) is 6.10 Å². The van der Waals surface area contributed by atoms with E-state index in [1.165, 1.54) is 0 Å². The summed E-state index contributed by atoms with van der Waals surface area (Å²) in [6, 6.07) is 13.6. The second kappa shape index (κ2) is 4.78. The van der Waals surface area contributed by atoms with E-state index < -0.39 is 6.10 Å². The van der Waals surface area contributed by atoms with Crippen molar-refractivity contribution in [2.24, 2.45) is 0 Å². The van der Waals surface area contributed by atoms with Crippen LogP contribution >= 0.6 is 0 Å². The van der Waals surface area contributed by atoms with E-state index in [1.807, 2.05) is 49.4 Å². The van der Waals surface area contributed by atoms with Crippen LogP contribution in [0.25, 0.3) is 11.0 Å². The summed E-state index contributed by atoms with van der Waals surface area (Å²) in [6.07, 6.45) is 2.69. The molecular weight excluding hydrogens is 236 g/mol. The number of hydrogen-bond donors (Lipinski definition) is 1. The zero-order chi connectivity index (χ0) is 13.2. The summed E-state index contributed by atoms with van der Waals surface area (Å²) in [5.41, 5.74) is 4.49. The molecule has 1 atom stereocenters. The summed E-state index contributed by atoms with van der Waals surface area (Å²) in [5, 5.41) is 10.4. The van der Waals surface area contributed by atoms with E-state index in [1.54, 1.807) is 12.4 Å². The Kier molecular flexibility index (Phi) is 2.97. The highest BCUT2D eigenvalue weighted by atomic mass is 16.3. The molecular formula is C16H14N2O. The zero-order valence-electron chi connectivity index (χ0n) is 10.6. The fourth-order valence-electron chi connectivity index (χ4n) is 2.18. The smallest absolute Gasteiger partial charge is 0.104 e. The summed E-state index contributed by atoms with van der Waals surface area (Å²) in [7, 11) is 0. The fourth-order valence-corrected chi connectivity index (χ4v) is 2.18. The molecule has 3 nitrogen and oxygen atoms in total. The molecule has 0 amide bonds. The van der Waals surface area contributed by atoms with Crippen LogP contribution in [0.4, 0.5) is 0 Å². The van der Waals surface area contributed by atoms with Crippen LogP contribution in [0.2, 0.25) is 0 Å². The van der Waals surface area contributed by atoms with Crippen LogP contribution in [0, 0.1) is 6.92 Å². The fraction of sp³-hybridized carbons (Fsp3) is 0.125. The molecule has 0 radical (unpaired) electrons. The lowest BCUT2D eigenvalue weighted by Gasteiger charge is -2.12. The average molecular weight is 250 g/mol. The van der Waals surface area contributed by atoms with Crippen LogP contribution in [0.5, 0.6) is 0 Å². The molecule has 3 rings (SSSR count). The van der Waals surface area contributed by atoms with Crippen molar-refractivity contribution in [2.75, 3.05) is 0 Å². The molecule has 19 heavy (non-hydrogen) atoms.